The molecule has 0 aliphatic heterocycles. The van der Waals surface area contributed by atoms with Gasteiger partial charge in [-0.2, -0.15) is 10.5 Å². The van der Waals surface area contributed by atoms with Gasteiger partial charge >= 0.3 is 0 Å². The summed E-state index contributed by atoms with van der Waals surface area (Å²) in [5.41, 5.74) is 1.17. The number of nitrogens with one attached hydrogen (secondary N) is 1. The zero-order valence-electron chi connectivity index (χ0n) is 10.3. The number of nitriles is 2. The van der Waals surface area contributed by atoms with E-state index < -0.39 is 5.91 Å². The largest absolute Gasteiger partial charge is 0.349 e. The molecular formula is C14H13N3O. The Hall–Kier alpha value is -2.59. The van der Waals surface area contributed by atoms with E-state index in [-0.39, 0.29) is 11.6 Å². The lowest BCUT2D eigenvalue weighted by molar-refractivity contribution is -0.117. The summed E-state index contributed by atoms with van der Waals surface area (Å²) in [4.78, 5) is 11.7. The molecule has 0 radical (unpaired) electrons. The highest BCUT2D eigenvalue weighted by molar-refractivity contribution is 6.01. The van der Waals surface area contributed by atoms with Crippen LogP contribution < -0.4 is 5.32 Å². The summed E-state index contributed by atoms with van der Waals surface area (Å²) in [6, 6.07) is 10.6. The molecule has 0 saturated heterocycles. The minimum Gasteiger partial charge on any atom is -0.349 e. The third-order valence-corrected chi connectivity index (χ3v) is 2.11. The molecule has 0 unspecified atom stereocenters. The van der Waals surface area contributed by atoms with E-state index in [1.807, 2.05) is 26.0 Å². The van der Waals surface area contributed by atoms with Gasteiger partial charge in [-0.15, -0.1) is 0 Å². The number of carbonyl (C=O) groups is 1. The lowest BCUT2D eigenvalue weighted by Gasteiger charge is -2.06. The number of benzene rings is 1. The van der Waals surface area contributed by atoms with Crippen molar-refractivity contribution in [1.29, 1.82) is 10.5 Å². The van der Waals surface area contributed by atoms with Crippen LogP contribution in [-0.4, -0.2) is 11.9 Å². The van der Waals surface area contributed by atoms with Crippen LogP contribution in [0, 0.1) is 22.7 Å². The Kier molecular flexibility index (Phi) is 4.66. The maximum absolute atomic E-state index is 11.7. The normalized spacial score (nSPS) is 10.6. The average molecular weight is 239 g/mol. The van der Waals surface area contributed by atoms with Crippen LogP contribution in [0.3, 0.4) is 0 Å². The maximum atomic E-state index is 11.7. The molecule has 0 atom stereocenters. The Bertz CT molecular complexity index is 559. The van der Waals surface area contributed by atoms with Crippen molar-refractivity contribution >= 4 is 12.0 Å². The van der Waals surface area contributed by atoms with Crippen molar-refractivity contribution in [3.8, 4) is 12.1 Å². The molecule has 0 saturated carbocycles. The molecule has 0 aliphatic carbocycles. The van der Waals surface area contributed by atoms with Crippen molar-refractivity contribution in [2.75, 3.05) is 0 Å². The van der Waals surface area contributed by atoms with Crippen molar-refractivity contribution in [1.82, 2.24) is 5.32 Å². The molecule has 4 heteroatoms. The van der Waals surface area contributed by atoms with Gasteiger partial charge in [0.1, 0.15) is 11.6 Å². The molecule has 90 valence electrons. The summed E-state index contributed by atoms with van der Waals surface area (Å²) in [6.07, 6.45) is 1.47. The quantitative estimate of drug-likeness (QED) is 0.647. The molecule has 4 nitrogen and oxygen atoms in total. The topological polar surface area (TPSA) is 76.7 Å². The van der Waals surface area contributed by atoms with Gasteiger partial charge in [-0.3, -0.25) is 4.79 Å². The van der Waals surface area contributed by atoms with Crippen molar-refractivity contribution < 1.29 is 4.79 Å². The second kappa shape index (κ2) is 6.22. The van der Waals surface area contributed by atoms with Crippen LogP contribution in [0.25, 0.3) is 6.08 Å². The van der Waals surface area contributed by atoms with Crippen molar-refractivity contribution in [2.24, 2.45) is 0 Å². The summed E-state index contributed by atoms with van der Waals surface area (Å²) in [6.45, 7) is 3.65. The Morgan fingerprint density at radius 1 is 1.39 bits per heavy atom. The molecule has 0 bridgehead atoms. The van der Waals surface area contributed by atoms with E-state index in [1.54, 1.807) is 24.3 Å². The van der Waals surface area contributed by atoms with Crippen LogP contribution in [0.1, 0.15) is 25.0 Å². The van der Waals surface area contributed by atoms with Gasteiger partial charge < -0.3 is 5.32 Å². The Morgan fingerprint density at radius 3 is 2.67 bits per heavy atom. The van der Waals surface area contributed by atoms with E-state index >= 15 is 0 Å². The fourth-order valence-electron chi connectivity index (χ4n) is 1.35. The number of rotatable bonds is 3. The van der Waals surface area contributed by atoms with Crippen LogP contribution in [-0.2, 0) is 4.79 Å². The first-order valence-electron chi connectivity index (χ1n) is 5.49. The van der Waals surface area contributed by atoms with E-state index in [0.717, 1.165) is 0 Å². The van der Waals surface area contributed by atoms with Crippen LogP contribution in [0.2, 0.25) is 0 Å². The number of hydrogen-bond acceptors (Lipinski definition) is 3. The predicted octanol–water partition coefficient (Wildman–Crippen LogP) is 1.99. The fraction of sp³-hybridized carbons (Fsp3) is 0.214. The van der Waals surface area contributed by atoms with Crippen molar-refractivity contribution in [2.45, 2.75) is 19.9 Å². The molecule has 0 aromatic heterocycles. The van der Waals surface area contributed by atoms with Crippen LogP contribution in [0.5, 0.6) is 0 Å². The number of hydrogen-bond donors (Lipinski definition) is 1. The maximum Gasteiger partial charge on any atom is 0.262 e. The Morgan fingerprint density at radius 2 is 2.11 bits per heavy atom. The molecule has 1 rings (SSSR count). The first-order chi connectivity index (χ1) is 8.56. The molecule has 1 amide bonds. The van der Waals surface area contributed by atoms with Crippen LogP contribution >= 0.6 is 0 Å². The summed E-state index contributed by atoms with van der Waals surface area (Å²) in [5, 5.41) is 20.4. The minimum absolute atomic E-state index is 0.0267. The van der Waals surface area contributed by atoms with E-state index in [9.17, 15) is 4.79 Å². The molecule has 18 heavy (non-hydrogen) atoms. The van der Waals surface area contributed by atoms with E-state index in [0.29, 0.717) is 11.1 Å². The van der Waals surface area contributed by atoms with Crippen LogP contribution in [0.15, 0.2) is 29.8 Å². The molecular weight excluding hydrogens is 226 g/mol. The second-order valence-corrected chi connectivity index (χ2v) is 4.04. The van der Waals surface area contributed by atoms with Gasteiger partial charge in [-0.05, 0) is 37.6 Å². The molecule has 0 heterocycles. The molecule has 0 fully saturated rings. The molecule has 1 N–H and O–H groups in total. The highest BCUT2D eigenvalue weighted by atomic mass is 16.1. The van der Waals surface area contributed by atoms with Gasteiger partial charge in [-0.1, -0.05) is 12.1 Å². The SMILES string of the molecule is CC(C)NC(=O)/C(C#N)=C/c1cccc(C#N)c1. The van der Waals surface area contributed by atoms with Crippen molar-refractivity contribution in [3.05, 3.63) is 41.0 Å². The van der Waals surface area contributed by atoms with Gasteiger partial charge in [0.15, 0.2) is 0 Å². The van der Waals surface area contributed by atoms with Gasteiger partial charge in [0, 0.05) is 6.04 Å². The Balaban J connectivity index is 3.02. The van der Waals surface area contributed by atoms with Gasteiger partial charge in [-0.25, -0.2) is 0 Å². The third-order valence-electron chi connectivity index (χ3n) is 2.11. The fourth-order valence-corrected chi connectivity index (χ4v) is 1.35. The highest BCUT2D eigenvalue weighted by Crippen LogP contribution is 2.09. The minimum atomic E-state index is -0.408. The van der Waals surface area contributed by atoms with Crippen LogP contribution in [0.4, 0.5) is 0 Å². The first-order valence-corrected chi connectivity index (χ1v) is 5.49. The monoisotopic (exact) mass is 239 g/mol. The van der Waals surface area contributed by atoms with Gasteiger partial charge in [0.2, 0.25) is 0 Å². The Labute approximate surface area is 106 Å². The first kappa shape index (κ1) is 13.5. The molecule has 1 aromatic rings. The third kappa shape index (κ3) is 3.77. The summed E-state index contributed by atoms with van der Waals surface area (Å²) >= 11 is 0. The zero-order chi connectivity index (χ0) is 13.5. The average Bonchev–Trinajstić information content (AvgIpc) is 2.35. The smallest absolute Gasteiger partial charge is 0.262 e. The lowest BCUT2D eigenvalue weighted by Crippen LogP contribution is -2.30. The molecule has 0 aliphatic rings. The molecule has 0 spiro atoms. The lowest BCUT2D eigenvalue weighted by atomic mass is 10.1. The summed E-state index contributed by atoms with van der Waals surface area (Å²) in [5.74, 6) is -0.408. The predicted molar refractivity (Wildman–Crippen MR) is 68.0 cm³/mol. The van der Waals surface area contributed by atoms with E-state index in [1.165, 1.54) is 6.08 Å². The molecule has 1 aromatic carbocycles. The number of amides is 1. The standard InChI is InChI=1S/C14H13N3O/c1-10(2)17-14(18)13(9-16)7-11-4-3-5-12(6-11)8-15/h3-7,10H,1-2H3,(H,17,18)/b13-7+. The van der Waals surface area contributed by atoms with E-state index in [2.05, 4.69) is 5.32 Å². The zero-order valence-corrected chi connectivity index (χ0v) is 10.3. The highest BCUT2D eigenvalue weighted by Gasteiger charge is 2.09. The number of nitrogens with zero attached hydrogens (tertiary/aromatic N) is 2. The second-order valence-electron chi connectivity index (χ2n) is 4.04. The van der Waals surface area contributed by atoms with Gasteiger partial charge in [0.25, 0.3) is 5.91 Å². The van der Waals surface area contributed by atoms with Gasteiger partial charge in [0.05, 0.1) is 11.6 Å². The summed E-state index contributed by atoms with van der Waals surface area (Å²) in [7, 11) is 0. The van der Waals surface area contributed by atoms with E-state index in [4.69, 9.17) is 10.5 Å². The number of carbonyl (C=O) groups excluding carboxylic acids is 1. The van der Waals surface area contributed by atoms with Crippen molar-refractivity contribution in [3.63, 3.8) is 0 Å². The summed E-state index contributed by atoms with van der Waals surface area (Å²) < 4.78 is 0.